The van der Waals surface area contributed by atoms with E-state index in [-0.39, 0.29) is 35.6 Å². The molecular weight excluding hydrogens is 474 g/mol. The van der Waals surface area contributed by atoms with Gasteiger partial charge in [0.2, 0.25) is 0 Å². The van der Waals surface area contributed by atoms with Crippen LogP contribution >= 0.6 is 11.3 Å². The summed E-state index contributed by atoms with van der Waals surface area (Å²) in [5, 5.41) is 28.6. The van der Waals surface area contributed by atoms with Crippen molar-refractivity contribution in [2.75, 3.05) is 6.61 Å². The second-order valence-corrected chi connectivity index (χ2v) is 8.66. The van der Waals surface area contributed by atoms with Crippen molar-refractivity contribution in [1.82, 2.24) is 0 Å². The minimum Gasteiger partial charge on any atom is -0.488 e. The van der Waals surface area contributed by atoms with Crippen molar-refractivity contribution in [3.05, 3.63) is 91.7 Å². The van der Waals surface area contributed by atoms with Gasteiger partial charge in [0, 0.05) is 22.4 Å². The number of hydrogen-bond donors (Lipinski definition) is 0. The molecule has 178 valence electrons. The molecule has 7 nitrogen and oxygen atoms in total. The lowest BCUT2D eigenvalue weighted by Gasteiger charge is -2.10. The third-order valence-corrected chi connectivity index (χ3v) is 6.55. The molecule has 2 aromatic carbocycles. The summed E-state index contributed by atoms with van der Waals surface area (Å²) in [6.45, 7) is 3.65. The molecule has 0 radical (unpaired) electrons. The number of nitriles is 3. The summed E-state index contributed by atoms with van der Waals surface area (Å²) in [5.74, 6) is -0.592. The smallest absolute Gasteiger partial charge is 0.348 e. The maximum atomic E-state index is 13.0. The highest BCUT2D eigenvalue weighted by Gasteiger charge is 2.23. The van der Waals surface area contributed by atoms with Crippen LogP contribution in [0.2, 0.25) is 0 Å². The molecule has 3 aromatic rings. The lowest BCUT2D eigenvalue weighted by atomic mass is 10.0. The molecule has 0 atom stereocenters. The third kappa shape index (κ3) is 5.85. The van der Waals surface area contributed by atoms with Crippen molar-refractivity contribution < 1.29 is 19.1 Å². The Bertz CT molecular complexity index is 1470. The van der Waals surface area contributed by atoms with Crippen molar-refractivity contribution in [3.8, 4) is 24.0 Å². The number of thiophene rings is 1. The quantitative estimate of drug-likeness (QED) is 0.225. The number of rotatable bonds is 9. The molecule has 0 unspecified atom stereocenters. The van der Waals surface area contributed by atoms with Gasteiger partial charge in [-0.3, -0.25) is 4.79 Å². The molecule has 8 heteroatoms. The van der Waals surface area contributed by atoms with Crippen LogP contribution in [0.4, 0.5) is 0 Å². The Labute approximate surface area is 213 Å². The lowest BCUT2D eigenvalue weighted by Crippen LogP contribution is -2.06. The van der Waals surface area contributed by atoms with Gasteiger partial charge in [-0.15, -0.1) is 11.3 Å². The molecule has 0 saturated carbocycles. The van der Waals surface area contributed by atoms with E-state index in [2.05, 4.69) is 6.07 Å². The summed E-state index contributed by atoms with van der Waals surface area (Å²) in [7, 11) is 0. The van der Waals surface area contributed by atoms with Gasteiger partial charge in [0.15, 0.2) is 5.78 Å². The van der Waals surface area contributed by atoms with Crippen molar-refractivity contribution in [2.24, 2.45) is 0 Å². The van der Waals surface area contributed by atoms with E-state index in [1.54, 1.807) is 56.3 Å². The highest BCUT2D eigenvalue weighted by Crippen LogP contribution is 2.30. The molecule has 36 heavy (non-hydrogen) atoms. The van der Waals surface area contributed by atoms with Gasteiger partial charge in [-0.05, 0) is 37.6 Å². The number of nitrogens with zero attached hydrogens (tertiary/aromatic N) is 3. The SMILES string of the molecule is CCOC(=O)c1sc(CC(=O)/C(C#N)=C/c2ccccc2OCc2ccccc2C#N)c(C#N)c1C. The minimum atomic E-state index is -0.546. The van der Waals surface area contributed by atoms with Crippen LogP contribution in [0.5, 0.6) is 5.75 Å². The summed E-state index contributed by atoms with van der Waals surface area (Å²) < 4.78 is 10.9. The summed E-state index contributed by atoms with van der Waals surface area (Å²) >= 11 is 1.03. The number of para-hydroxylation sites is 1. The van der Waals surface area contributed by atoms with Crippen molar-refractivity contribution in [1.29, 1.82) is 15.8 Å². The molecule has 0 aliphatic heterocycles. The van der Waals surface area contributed by atoms with Crippen LogP contribution < -0.4 is 4.74 Å². The second-order valence-electron chi connectivity index (χ2n) is 7.55. The first-order valence-electron chi connectivity index (χ1n) is 11.0. The zero-order valence-electron chi connectivity index (χ0n) is 19.7. The Morgan fingerprint density at radius 3 is 2.44 bits per heavy atom. The van der Waals surface area contributed by atoms with Gasteiger partial charge in [-0.25, -0.2) is 4.79 Å². The van der Waals surface area contributed by atoms with Crippen molar-refractivity contribution in [2.45, 2.75) is 26.9 Å². The number of allylic oxidation sites excluding steroid dienone is 1. The van der Waals surface area contributed by atoms with Crippen LogP contribution in [0, 0.1) is 40.9 Å². The van der Waals surface area contributed by atoms with Crippen LogP contribution in [0.15, 0.2) is 54.1 Å². The second kappa shape index (κ2) is 12.1. The zero-order chi connectivity index (χ0) is 26.1. The number of Topliss-reactive ketones (excluding diaryl/α,β-unsaturated/α-hetero) is 1. The highest BCUT2D eigenvalue weighted by atomic mass is 32.1. The van der Waals surface area contributed by atoms with Crippen LogP contribution in [-0.4, -0.2) is 18.4 Å². The molecule has 0 aliphatic rings. The number of esters is 1. The molecular formula is C28H21N3O4S. The van der Waals surface area contributed by atoms with Crippen LogP contribution in [0.1, 0.15) is 49.3 Å². The first-order valence-corrected chi connectivity index (χ1v) is 11.8. The highest BCUT2D eigenvalue weighted by molar-refractivity contribution is 7.14. The summed E-state index contributed by atoms with van der Waals surface area (Å²) in [4.78, 5) is 25.9. The van der Waals surface area contributed by atoms with E-state index >= 15 is 0 Å². The fraction of sp³-hybridized carbons (Fsp3) is 0.179. The maximum Gasteiger partial charge on any atom is 0.348 e. The van der Waals surface area contributed by atoms with Crippen LogP contribution in [0.3, 0.4) is 0 Å². The first kappa shape index (κ1) is 25.9. The Kier molecular flexibility index (Phi) is 8.73. The van der Waals surface area contributed by atoms with Gasteiger partial charge in [0.05, 0.1) is 29.4 Å². The molecule has 0 N–H and O–H groups in total. The summed E-state index contributed by atoms with van der Waals surface area (Å²) in [6, 6.07) is 20.1. The van der Waals surface area contributed by atoms with Gasteiger partial charge in [-0.1, -0.05) is 36.4 Å². The van der Waals surface area contributed by atoms with Gasteiger partial charge >= 0.3 is 5.97 Å². The normalized spacial score (nSPS) is 10.6. The topological polar surface area (TPSA) is 124 Å². The van der Waals surface area contributed by atoms with E-state index in [9.17, 15) is 25.4 Å². The first-order chi connectivity index (χ1) is 17.4. The number of ether oxygens (including phenoxy) is 2. The number of hydrogen-bond acceptors (Lipinski definition) is 8. The van der Waals surface area contributed by atoms with E-state index in [4.69, 9.17) is 9.47 Å². The number of carbonyl (C=O) groups is 2. The Morgan fingerprint density at radius 1 is 1.03 bits per heavy atom. The third-order valence-electron chi connectivity index (χ3n) is 5.27. The Hall–Kier alpha value is -4.71. The maximum absolute atomic E-state index is 13.0. The van der Waals surface area contributed by atoms with Gasteiger partial charge < -0.3 is 9.47 Å². The van der Waals surface area contributed by atoms with E-state index in [1.165, 1.54) is 6.08 Å². The molecule has 0 amide bonds. The van der Waals surface area contributed by atoms with E-state index in [1.807, 2.05) is 18.2 Å². The predicted molar refractivity (Wildman–Crippen MR) is 134 cm³/mol. The minimum absolute atomic E-state index is 0.115. The van der Waals surface area contributed by atoms with E-state index < -0.39 is 11.8 Å². The number of benzene rings is 2. The molecule has 0 saturated heterocycles. The van der Waals surface area contributed by atoms with Crippen LogP contribution in [0.25, 0.3) is 6.08 Å². The van der Waals surface area contributed by atoms with E-state index in [0.29, 0.717) is 32.9 Å². The summed E-state index contributed by atoms with van der Waals surface area (Å²) in [6.07, 6.45) is 1.23. The molecule has 1 aromatic heterocycles. The standard InChI is InChI=1S/C28H21N3O4S/c1-3-34-28(33)27-18(2)23(16-31)26(36-27)13-24(32)22(15-30)12-19-8-6-7-11-25(19)35-17-21-10-5-4-9-20(21)14-29/h4-12H,3,13,17H2,1-2H3/b22-12+. The molecule has 1 heterocycles. The fourth-order valence-corrected chi connectivity index (χ4v) is 4.60. The number of ketones is 1. The van der Waals surface area contributed by atoms with Crippen molar-refractivity contribution in [3.63, 3.8) is 0 Å². The predicted octanol–water partition coefficient (Wildman–Crippen LogP) is 5.27. The molecule has 0 bridgehead atoms. The molecule has 0 fully saturated rings. The van der Waals surface area contributed by atoms with Gasteiger partial charge in [0.1, 0.15) is 29.4 Å². The monoisotopic (exact) mass is 495 g/mol. The van der Waals surface area contributed by atoms with E-state index in [0.717, 1.165) is 11.3 Å². The molecule has 0 spiro atoms. The average Bonchev–Trinajstić information content (AvgIpc) is 3.21. The van der Waals surface area contributed by atoms with Gasteiger partial charge in [-0.2, -0.15) is 15.8 Å². The largest absolute Gasteiger partial charge is 0.488 e. The fourth-order valence-electron chi connectivity index (χ4n) is 3.45. The summed E-state index contributed by atoms with van der Waals surface area (Å²) in [5.41, 5.74) is 2.32. The van der Waals surface area contributed by atoms with Crippen molar-refractivity contribution >= 4 is 29.2 Å². The lowest BCUT2D eigenvalue weighted by molar-refractivity contribution is -0.114. The zero-order valence-corrected chi connectivity index (χ0v) is 20.5. The Balaban J connectivity index is 1.86. The average molecular weight is 496 g/mol. The molecule has 0 aliphatic carbocycles. The number of carbonyl (C=O) groups excluding carboxylic acids is 2. The van der Waals surface area contributed by atoms with Crippen LogP contribution in [-0.2, 0) is 22.6 Å². The van der Waals surface area contributed by atoms with Gasteiger partial charge in [0.25, 0.3) is 0 Å². The molecule has 3 rings (SSSR count). The Morgan fingerprint density at radius 2 is 1.75 bits per heavy atom.